The van der Waals surface area contributed by atoms with Gasteiger partial charge < -0.3 is 5.32 Å². The van der Waals surface area contributed by atoms with Crippen LogP contribution in [0, 0.1) is 13.8 Å². The first-order valence-corrected chi connectivity index (χ1v) is 4.88. The maximum absolute atomic E-state index is 14.2. The first-order valence-electron chi connectivity index (χ1n) is 4.88. The number of halogens is 1. The number of nitrogens with one attached hydrogen (secondary N) is 1. The van der Waals surface area contributed by atoms with Crippen molar-refractivity contribution in [3.63, 3.8) is 0 Å². The highest BCUT2D eigenvalue weighted by Crippen LogP contribution is 2.27. The van der Waals surface area contributed by atoms with Crippen molar-refractivity contribution >= 4 is 0 Å². The fraction of sp³-hybridized carbons (Fsp3) is 0.500. The lowest BCUT2D eigenvalue weighted by Gasteiger charge is -2.22. The minimum atomic E-state index is -1.29. The van der Waals surface area contributed by atoms with Crippen LogP contribution in [-0.2, 0) is 5.67 Å². The van der Waals surface area contributed by atoms with Gasteiger partial charge in [0.05, 0.1) is 0 Å². The van der Waals surface area contributed by atoms with Crippen LogP contribution >= 0.6 is 0 Å². The number of likely N-dealkylation sites (N-methyl/N-ethyl adjacent to an activating group) is 1. The van der Waals surface area contributed by atoms with Gasteiger partial charge in [0.2, 0.25) is 0 Å². The van der Waals surface area contributed by atoms with E-state index in [1.54, 1.807) is 14.0 Å². The van der Waals surface area contributed by atoms with Crippen LogP contribution in [0.4, 0.5) is 4.39 Å². The Labute approximate surface area is 85.3 Å². The molecular weight excluding hydrogens is 177 g/mol. The van der Waals surface area contributed by atoms with E-state index in [9.17, 15) is 4.39 Å². The van der Waals surface area contributed by atoms with Gasteiger partial charge in [0.15, 0.2) is 0 Å². The summed E-state index contributed by atoms with van der Waals surface area (Å²) in [6, 6.07) is 5.85. The third kappa shape index (κ3) is 2.32. The van der Waals surface area contributed by atoms with Crippen molar-refractivity contribution < 1.29 is 4.39 Å². The Hall–Kier alpha value is -0.890. The Kier molecular flexibility index (Phi) is 3.27. The van der Waals surface area contributed by atoms with Crippen LogP contribution in [0.15, 0.2) is 18.2 Å². The molecule has 1 nitrogen and oxygen atoms in total. The molecule has 0 amide bonds. The standard InChI is InChI=1S/C12H18FN/c1-9-5-6-11(10(2)7-9)12(3,13)8-14-4/h5-7,14H,8H2,1-4H3. The van der Waals surface area contributed by atoms with Crippen LogP contribution in [0.1, 0.15) is 23.6 Å². The topological polar surface area (TPSA) is 12.0 Å². The van der Waals surface area contributed by atoms with Crippen molar-refractivity contribution in [1.82, 2.24) is 5.32 Å². The van der Waals surface area contributed by atoms with Crippen molar-refractivity contribution in [2.45, 2.75) is 26.4 Å². The smallest absolute Gasteiger partial charge is 0.145 e. The Balaban J connectivity index is 3.06. The van der Waals surface area contributed by atoms with Gasteiger partial charge in [0.1, 0.15) is 5.67 Å². The summed E-state index contributed by atoms with van der Waals surface area (Å²) in [5, 5.41) is 2.87. The molecule has 1 aromatic carbocycles. The zero-order chi connectivity index (χ0) is 10.8. The van der Waals surface area contributed by atoms with E-state index in [4.69, 9.17) is 0 Å². The van der Waals surface area contributed by atoms with Gasteiger partial charge in [-0.15, -0.1) is 0 Å². The van der Waals surface area contributed by atoms with E-state index < -0.39 is 5.67 Å². The first kappa shape index (κ1) is 11.2. The van der Waals surface area contributed by atoms with Crippen molar-refractivity contribution in [3.05, 3.63) is 34.9 Å². The number of benzene rings is 1. The lowest BCUT2D eigenvalue weighted by atomic mass is 9.92. The summed E-state index contributed by atoms with van der Waals surface area (Å²) in [5.74, 6) is 0. The summed E-state index contributed by atoms with van der Waals surface area (Å²) in [5.41, 5.74) is 1.68. The Bertz CT molecular complexity index is 318. The normalized spacial score (nSPS) is 15.2. The minimum absolute atomic E-state index is 0.344. The second-order valence-corrected chi connectivity index (χ2v) is 4.05. The van der Waals surface area contributed by atoms with Crippen LogP contribution < -0.4 is 5.32 Å². The molecule has 0 radical (unpaired) electrons. The summed E-state index contributed by atoms with van der Waals surface area (Å²) in [6.07, 6.45) is 0. The maximum Gasteiger partial charge on any atom is 0.145 e. The fourth-order valence-electron chi connectivity index (χ4n) is 1.83. The average Bonchev–Trinajstić information content (AvgIpc) is 2.02. The SMILES string of the molecule is CNCC(C)(F)c1ccc(C)cc1C. The minimum Gasteiger partial charge on any atom is -0.316 e. The number of aryl methyl sites for hydroxylation is 2. The number of hydrogen-bond donors (Lipinski definition) is 1. The van der Waals surface area contributed by atoms with E-state index in [1.807, 2.05) is 32.0 Å². The molecule has 0 aliphatic rings. The molecule has 0 bridgehead atoms. The van der Waals surface area contributed by atoms with Crippen LogP contribution in [-0.4, -0.2) is 13.6 Å². The van der Waals surface area contributed by atoms with Crippen LogP contribution in [0.5, 0.6) is 0 Å². The molecule has 0 aliphatic carbocycles. The molecule has 0 heterocycles. The third-order valence-corrected chi connectivity index (χ3v) is 2.45. The number of alkyl halides is 1. The van der Waals surface area contributed by atoms with Gasteiger partial charge in [0.25, 0.3) is 0 Å². The predicted molar refractivity (Wildman–Crippen MR) is 58.3 cm³/mol. The summed E-state index contributed by atoms with van der Waals surface area (Å²) in [4.78, 5) is 0. The summed E-state index contributed by atoms with van der Waals surface area (Å²) < 4.78 is 14.2. The Morgan fingerprint density at radius 2 is 2.00 bits per heavy atom. The molecular formula is C12H18FN. The van der Waals surface area contributed by atoms with E-state index in [0.29, 0.717) is 6.54 Å². The predicted octanol–water partition coefficient (Wildman–Crippen LogP) is 2.71. The summed E-state index contributed by atoms with van der Waals surface area (Å²) >= 11 is 0. The molecule has 1 aromatic rings. The summed E-state index contributed by atoms with van der Waals surface area (Å²) in [6.45, 7) is 5.93. The average molecular weight is 195 g/mol. The highest BCUT2D eigenvalue weighted by atomic mass is 19.1. The first-order chi connectivity index (χ1) is 6.47. The van der Waals surface area contributed by atoms with Gasteiger partial charge in [-0.05, 0) is 38.9 Å². The molecule has 0 aliphatic heterocycles. The van der Waals surface area contributed by atoms with E-state index in [1.165, 1.54) is 5.56 Å². The second kappa shape index (κ2) is 4.09. The Morgan fingerprint density at radius 1 is 1.36 bits per heavy atom. The van der Waals surface area contributed by atoms with Crippen molar-refractivity contribution in [3.8, 4) is 0 Å². The molecule has 0 saturated carbocycles. The zero-order valence-electron chi connectivity index (χ0n) is 9.32. The van der Waals surface area contributed by atoms with Gasteiger partial charge in [-0.3, -0.25) is 0 Å². The molecule has 1 unspecified atom stereocenters. The molecule has 0 fully saturated rings. The monoisotopic (exact) mass is 195 g/mol. The van der Waals surface area contributed by atoms with E-state index in [2.05, 4.69) is 5.32 Å². The van der Waals surface area contributed by atoms with Crippen molar-refractivity contribution in [2.24, 2.45) is 0 Å². The van der Waals surface area contributed by atoms with Crippen LogP contribution in [0.3, 0.4) is 0 Å². The number of rotatable bonds is 3. The molecule has 1 N–H and O–H groups in total. The molecule has 14 heavy (non-hydrogen) atoms. The molecule has 0 spiro atoms. The Morgan fingerprint density at radius 3 is 2.50 bits per heavy atom. The molecule has 0 aromatic heterocycles. The fourth-order valence-corrected chi connectivity index (χ4v) is 1.83. The molecule has 1 rings (SSSR count). The summed E-state index contributed by atoms with van der Waals surface area (Å²) in [7, 11) is 1.77. The molecule has 78 valence electrons. The van der Waals surface area contributed by atoms with Crippen molar-refractivity contribution in [1.29, 1.82) is 0 Å². The van der Waals surface area contributed by atoms with Gasteiger partial charge in [-0.2, -0.15) is 0 Å². The lowest BCUT2D eigenvalue weighted by Crippen LogP contribution is -2.30. The van der Waals surface area contributed by atoms with E-state index in [-0.39, 0.29) is 0 Å². The van der Waals surface area contributed by atoms with Crippen molar-refractivity contribution in [2.75, 3.05) is 13.6 Å². The van der Waals surface area contributed by atoms with E-state index >= 15 is 0 Å². The third-order valence-electron chi connectivity index (χ3n) is 2.45. The van der Waals surface area contributed by atoms with Crippen LogP contribution in [0.2, 0.25) is 0 Å². The maximum atomic E-state index is 14.2. The zero-order valence-corrected chi connectivity index (χ0v) is 9.32. The lowest BCUT2D eigenvalue weighted by molar-refractivity contribution is 0.190. The quantitative estimate of drug-likeness (QED) is 0.782. The molecule has 1 atom stereocenters. The van der Waals surface area contributed by atoms with Gasteiger partial charge in [0, 0.05) is 6.54 Å². The van der Waals surface area contributed by atoms with Crippen LogP contribution in [0.25, 0.3) is 0 Å². The highest BCUT2D eigenvalue weighted by Gasteiger charge is 2.26. The largest absolute Gasteiger partial charge is 0.316 e. The molecule has 0 saturated heterocycles. The second-order valence-electron chi connectivity index (χ2n) is 4.05. The van der Waals surface area contributed by atoms with Gasteiger partial charge in [-0.25, -0.2) is 4.39 Å². The van der Waals surface area contributed by atoms with Gasteiger partial charge >= 0.3 is 0 Å². The van der Waals surface area contributed by atoms with Gasteiger partial charge in [-0.1, -0.05) is 23.8 Å². The molecule has 2 heteroatoms. The highest BCUT2D eigenvalue weighted by molar-refractivity contribution is 5.34. The van der Waals surface area contributed by atoms with E-state index in [0.717, 1.165) is 11.1 Å². The number of hydrogen-bond acceptors (Lipinski definition) is 1.